The normalized spacial score (nSPS) is 18.9. The topological polar surface area (TPSA) is 37.3 Å². The molecule has 0 spiro atoms. The van der Waals surface area contributed by atoms with Crippen LogP contribution in [-0.4, -0.2) is 16.5 Å². The highest BCUT2D eigenvalue weighted by molar-refractivity contribution is 6.20. The number of aliphatic carboxylic acids is 1. The van der Waals surface area contributed by atoms with E-state index in [9.17, 15) is 4.79 Å². The van der Waals surface area contributed by atoms with Crippen molar-refractivity contribution in [2.45, 2.75) is 39.0 Å². The smallest absolute Gasteiger partial charge is 0.309 e. The predicted octanol–water partition coefficient (Wildman–Crippen LogP) is 2.50. The van der Waals surface area contributed by atoms with E-state index in [4.69, 9.17) is 16.7 Å². The fraction of sp³-hybridized carbons (Fsp3) is 0.875. The summed E-state index contributed by atoms with van der Waals surface area (Å²) >= 11 is 5.72. The molecule has 0 amide bonds. The molecule has 2 unspecified atom stereocenters. The minimum absolute atomic E-state index is 0.0731. The fourth-order valence-corrected chi connectivity index (χ4v) is 1.34. The van der Waals surface area contributed by atoms with Crippen LogP contribution in [0.2, 0.25) is 0 Å². The van der Waals surface area contributed by atoms with E-state index in [1.807, 2.05) is 13.8 Å². The van der Waals surface area contributed by atoms with Gasteiger partial charge in [-0.3, -0.25) is 4.79 Å². The van der Waals surface area contributed by atoms with Crippen molar-refractivity contribution in [2.75, 3.05) is 0 Å². The van der Waals surface area contributed by atoms with Gasteiger partial charge in [-0.05, 0) is 26.7 Å². The number of hydrogen-bond donors (Lipinski definition) is 1. The summed E-state index contributed by atoms with van der Waals surface area (Å²) in [5.41, 5.74) is -0.652. The molecule has 0 aromatic heterocycles. The quantitative estimate of drug-likeness (QED) is 0.672. The van der Waals surface area contributed by atoms with Crippen LogP contribution in [0, 0.1) is 5.41 Å². The van der Waals surface area contributed by atoms with Crippen LogP contribution >= 0.6 is 11.6 Å². The second-order valence-electron chi connectivity index (χ2n) is 3.20. The zero-order valence-electron chi connectivity index (χ0n) is 7.22. The molecule has 0 aliphatic heterocycles. The van der Waals surface area contributed by atoms with Crippen LogP contribution in [0.5, 0.6) is 0 Å². The van der Waals surface area contributed by atoms with Gasteiger partial charge in [-0.1, -0.05) is 6.92 Å². The number of hydrogen-bond acceptors (Lipinski definition) is 1. The molecule has 0 aliphatic rings. The summed E-state index contributed by atoms with van der Waals surface area (Å²) in [6.45, 7) is 5.42. The molecule has 0 radical (unpaired) electrons. The van der Waals surface area contributed by atoms with Crippen LogP contribution in [-0.2, 0) is 4.79 Å². The minimum Gasteiger partial charge on any atom is -0.481 e. The van der Waals surface area contributed by atoms with Crippen LogP contribution in [0.3, 0.4) is 0 Å². The summed E-state index contributed by atoms with van der Waals surface area (Å²) in [7, 11) is 0. The second-order valence-corrected chi connectivity index (χ2v) is 3.95. The fourth-order valence-electron chi connectivity index (χ4n) is 1.00. The van der Waals surface area contributed by atoms with Gasteiger partial charge in [-0.25, -0.2) is 0 Å². The highest BCUT2D eigenvalue weighted by Gasteiger charge is 2.31. The lowest BCUT2D eigenvalue weighted by Gasteiger charge is -2.23. The SMILES string of the molecule is CCC(C)(CC(C)Cl)C(=O)O. The van der Waals surface area contributed by atoms with E-state index in [0.717, 1.165) is 0 Å². The lowest BCUT2D eigenvalue weighted by molar-refractivity contribution is -0.148. The van der Waals surface area contributed by atoms with Crippen molar-refractivity contribution < 1.29 is 9.90 Å². The first-order chi connectivity index (χ1) is 4.92. The number of carbonyl (C=O) groups is 1. The molecule has 3 heteroatoms. The largest absolute Gasteiger partial charge is 0.481 e. The Balaban J connectivity index is 4.22. The van der Waals surface area contributed by atoms with Crippen LogP contribution in [0.4, 0.5) is 0 Å². The molecular formula is C8H15ClO2. The van der Waals surface area contributed by atoms with Crippen molar-refractivity contribution in [1.82, 2.24) is 0 Å². The molecule has 11 heavy (non-hydrogen) atoms. The molecule has 0 rings (SSSR count). The predicted molar refractivity (Wildman–Crippen MR) is 46.0 cm³/mol. The summed E-state index contributed by atoms with van der Waals surface area (Å²) < 4.78 is 0. The number of rotatable bonds is 4. The molecule has 0 fully saturated rings. The van der Waals surface area contributed by atoms with Crippen LogP contribution < -0.4 is 0 Å². The van der Waals surface area contributed by atoms with Crippen molar-refractivity contribution >= 4 is 17.6 Å². The maximum Gasteiger partial charge on any atom is 0.309 e. The van der Waals surface area contributed by atoms with Gasteiger partial charge in [0, 0.05) is 5.38 Å². The second kappa shape index (κ2) is 3.96. The molecule has 1 N–H and O–H groups in total. The summed E-state index contributed by atoms with van der Waals surface area (Å²) in [6, 6.07) is 0. The van der Waals surface area contributed by atoms with E-state index >= 15 is 0 Å². The number of carboxylic acids is 1. The number of alkyl halides is 1. The minimum atomic E-state index is -0.757. The number of halogens is 1. The summed E-state index contributed by atoms with van der Waals surface area (Å²) in [5, 5.41) is 8.75. The average Bonchev–Trinajstić information content (AvgIpc) is 1.86. The van der Waals surface area contributed by atoms with E-state index in [2.05, 4.69) is 0 Å². The Hall–Kier alpha value is -0.240. The molecule has 0 aliphatic carbocycles. The first-order valence-electron chi connectivity index (χ1n) is 3.80. The zero-order valence-corrected chi connectivity index (χ0v) is 7.98. The van der Waals surface area contributed by atoms with Gasteiger partial charge in [0.25, 0.3) is 0 Å². The Morgan fingerprint density at radius 2 is 2.18 bits per heavy atom. The van der Waals surface area contributed by atoms with Gasteiger partial charge in [0.15, 0.2) is 0 Å². The summed E-state index contributed by atoms with van der Waals surface area (Å²) in [5.74, 6) is -0.757. The lowest BCUT2D eigenvalue weighted by Crippen LogP contribution is -2.29. The highest BCUT2D eigenvalue weighted by Crippen LogP contribution is 2.29. The van der Waals surface area contributed by atoms with Crippen molar-refractivity contribution in [3.8, 4) is 0 Å². The van der Waals surface area contributed by atoms with Crippen LogP contribution in [0.15, 0.2) is 0 Å². The average molecular weight is 179 g/mol. The first-order valence-corrected chi connectivity index (χ1v) is 4.23. The Morgan fingerprint density at radius 3 is 2.27 bits per heavy atom. The Kier molecular flexibility index (Phi) is 3.87. The Bertz CT molecular complexity index is 145. The van der Waals surface area contributed by atoms with Crippen LogP contribution in [0.25, 0.3) is 0 Å². The maximum atomic E-state index is 10.7. The molecule has 2 nitrogen and oxygen atoms in total. The van der Waals surface area contributed by atoms with Gasteiger partial charge in [0.2, 0.25) is 0 Å². The molecule has 0 saturated heterocycles. The first kappa shape index (κ1) is 10.8. The van der Waals surface area contributed by atoms with Crippen molar-refractivity contribution in [3.63, 3.8) is 0 Å². The molecule has 0 heterocycles. The standard InChI is InChI=1S/C8H15ClO2/c1-4-8(3,7(10)11)5-6(2)9/h6H,4-5H2,1-3H3,(H,10,11). The van der Waals surface area contributed by atoms with Gasteiger partial charge in [-0.15, -0.1) is 11.6 Å². The van der Waals surface area contributed by atoms with E-state index in [1.165, 1.54) is 0 Å². The van der Waals surface area contributed by atoms with Crippen molar-refractivity contribution in [3.05, 3.63) is 0 Å². The van der Waals surface area contributed by atoms with E-state index < -0.39 is 11.4 Å². The third kappa shape index (κ3) is 3.10. The van der Waals surface area contributed by atoms with Gasteiger partial charge < -0.3 is 5.11 Å². The zero-order chi connectivity index (χ0) is 9.07. The molecule has 0 bridgehead atoms. The summed E-state index contributed by atoms with van der Waals surface area (Å²) in [4.78, 5) is 10.7. The molecule has 0 aromatic carbocycles. The molecular weight excluding hydrogens is 164 g/mol. The maximum absolute atomic E-state index is 10.7. The Morgan fingerprint density at radius 1 is 1.73 bits per heavy atom. The van der Waals surface area contributed by atoms with Gasteiger partial charge in [0.1, 0.15) is 0 Å². The van der Waals surface area contributed by atoms with Gasteiger partial charge in [-0.2, -0.15) is 0 Å². The highest BCUT2D eigenvalue weighted by atomic mass is 35.5. The van der Waals surface area contributed by atoms with Crippen LogP contribution in [0.1, 0.15) is 33.6 Å². The van der Waals surface area contributed by atoms with Gasteiger partial charge >= 0.3 is 5.97 Å². The van der Waals surface area contributed by atoms with E-state index in [-0.39, 0.29) is 5.38 Å². The molecule has 2 atom stereocenters. The van der Waals surface area contributed by atoms with E-state index in [1.54, 1.807) is 6.92 Å². The molecule has 0 saturated carbocycles. The van der Waals surface area contributed by atoms with E-state index in [0.29, 0.717) is 12.8 Å². The third-order valence-corrected chi connectivity index (χ3v) is 2.18. The van der Waals surface area contributed by atoms with Crippen molar-refractivity contribution in [1.29, 1.82) is 0 Å². The summed E-state index contributed by atoms with van der Waals surface area (Å²) in [6.07, 6.45) is 1.15. The number of carboxylic acid groups (broad SMARTS) is 1. The molecule has 0 aromatic rings. The Labute approximate surface area is 72.6 Å². The molecule has 66 valence electrons. The third-order valence-electron chi connectivity index (χ3n) is 2.03. The van der Waals surface area contributed by atoms with Gasteiger partial charge in [0.05, 0.1) is 5.41 Å². The van der Waals surface area contributed by atoms with Crippen molar-refractivity contribution in [2.24, 2.45) is 5.41 Å². The monoisotopic (exact) mass is 178 g/mol. The lowest BCUT2D eigenvalue weighted by atomic mass is 9.83.